The third-order valence-electron chi connectivity index (χ3n) is 2.90. The second-order valence-electron chi connectivity index (χ2n) is 4.19. The fourth-order valence-electron chi connectivity index (χ4n) is 1.96. The maximum absolute atomic E-state index is 11.8. The van der Waals surface area contributed by atoms with Crippen molar-refractivity contribution in [3.05, 3.63) is 22.6 Å². The lowest BCUT2D eigenvalue weighted by molar-refractivity contribution is 0.594. The van der Waals surface area contributed by atoms with Gasteiger partial charge in [0.2, 0.25) is 0 Å². The molecule has 92 valence electrons. The number of aromatic nitrogens is 2. The Bertz CT molecular complexity index is 465. The largest absolute Gasteiger partial charge is 0.393 e. The third-order valence-corrected chi connectivity index (χ3v) is 3.10. The van der Waals surface area contributed by atoms with E-state index < -0.39 is 0 Å². The van der Waals surface area contributed by atoms with Crippen LogP contribution >= 0.6 is 12.2 Å². The molecule has 0 aliphatic carbocycles. The van der Waals surface area contributed by atoms with Gasteiger partial charge in [0.1, 0.15) is 0 Å². The van der Waals surface area contributed by atoms with E-state index in [-0.39, 0.29) is 5.56 Å². The number of hydrogen-bond acceptors (Lipinski definition) is 4. The maximum atomic E-state index is 11.8. The quantitative estimate of drug-likeness (QED) is 0.791. The van der Waals surface area contributed by atoms with E-state index in [9.17, 15) is 4.79 Å². The molecule has 5 nitrogen and oxygen atoms in total. The minimum Gasteiger partial charge on any atom is -0.393 e. The fourth-order valence-corrected chi connectivity index (χ4v) is 2.05. The van der Waals surface area contributed by atoms with Crippen LogP contribution in [0.4, 0.5) is 5.69 Å². The molecular formula is C11H16N4OS. The standard InChI is InChI=1S/C11H16N4OS/c12-10(17)3-6-15-11(16)7-9(8-13-15)14-4-1-2-5-14/h7-8H,1-6H2,(H2,12,17). The first-order valence-corrected chi connectivity index (χ1v) is 6.18. The predicted molar refractivity (Wildman–Crippen MR) is 71.3 cm³/mol. The first-order valence-electron chi connectivity index (χ1n) is 5.77. The number of rotatable bonds is 4. The van der Waals surface area contributed by atoms with Crippen molar-refractivity contribution < 1.29 is 0 Å². The molecule has 0 atom stereocenters. The number of aryl methyl sites for hydroxylation is 1. The van der Waals surface area contributed by atoms with Crippen molar-refractivity contribution in [1.82, 2.24) is 9.78 Å². The summed E-state index contributed by atoms with van der Waals surface area (Å²) in [5, 5.41) is 4.14. The summed E-state index contributed by atoms with van der Waals surface area (Å²) in [5.41, 5.74) is 6.22. The lowest BCUT2D eigenvalue weighted by Gasteiger charge is -2.16. The Morgan fingerprint density at radius 2 is 2.18 bits per heavy atom. The Kier molecular flexibility index (Phi) is 3.73. The molecule has 2 rings (SSSR count). The predicted octanol–water partition coefficient (Wildman–Crippen LogP) is 0.520. The highest BCUT2D eigenvalue weighted by molar-refractivity contribution is 7.80. The average Bonchev–Trinajstić information content (AvgIpc) is 2.80. The zero-order valence-corrected chi connectivity index (χ0v) is 10.4. The van der Waals surface area contributed by atoms with Gasteiger partial charge in [-0.3, -0.25) is 4.79 Å². The number of thiocarbonyl (C=S) groups is 1. The molecule has 17 heavy (non-hydrogen) atoms. The van der Waals surface area contributed by atoms with Crippen LogP contribution in [0.3, 0.4) is 0 Å². The van der Waals surface area contributed by atoms with Crippen LogP contribution in [0, 0.1) is 0 Å². The van der Waals surface area contributed by atoms with Crippen molar-refractivity contribution in [2.45, 2.75) is 25.8 Å². The monoisotopic (exact) mass is 252 g/mol. The Balaban J connectivity index is 2.11. The second kappa shape index (κ2) is 5.27. The Morgan fingerprint density at radius 3 is 2.76 bits per heavy atom. The average molecular weight is 252 g/mol. The van der Waals surface area contributed by atoms with Gasteiger partial charge in [0, 0.05) is 25.6 Å². The SMILES string of the molecule is NC(=S)CCn1ncc(N2CCCC2)cc1=O. The van der Waals surface area contributed by atoms with Crippen LogP contribution in [0.5, 0.6) is 0 Å². The summed E-state index contributed by atoms with van der Waals surface area (Å²) >= 11 is 4.78. The van der Waals surface area contributed by atoms with Gasteiger partial charge in [-0.05, 0) is 12.8 Å². The lowest BCUT2D eigenvalue weighted by atomic mass is 10.4. The number of nitrogens with zero attached hydrogens (tertiary/aromatic N) is 3. The summed E-state index contributed by atoms with van der Waals surface area (Å²) in [6, 6.07) is 1.64. The summed E-state index contributed by atoms with van der Waals surface area (Å²) in [7, 11) is 0. The van der Waals surface area contributed by atoms with Crippen LogP contribution in [-0.2, 0) is 6.54 Å². The van der Waals surface area contributed by atoms with Crippen LogP contribution in [0.25, 0.3) is 0 Å². The molecule has 0 spiro atoms. The van der Waals surface area contributed by atoms with E-state index in [0.29, 0.717) is 18.0 Å². The Morgan fingerprint density at radius 1 is 1.47 bits per heavy atom. The van der Waals surface area contributed by atoms with Crippen molar-refractivity contribution >= 4 is 22.9 Å². The minimum absolute atomic E-state index is 0.0920. The molecule has 0 bridgehead atoms. The smallest absolute Gasteiger partial charge is 0.268 e. The van der Waals surface area contributed by atoms with Gasteiger partial charge in [0.25, 0.3) is 5.56 Å². The lowest BCUT2D eigenvalue weighted by Crippen LogP contribution is -2.27. The highest BCUT2D eigenvalue weighted by atomic mass is 32.1. The minimum atomic E-state index is -0.0920. The molecule has 1 aromatic rings. The van der Waals surface area contributed by atoms with E-state index in [1.807, 2.05) is 0 Å². The van der Waals surface area contributed by atoms with E-state index >= 15 is 0 Å². The molecule has 1 aliphatic rings. The van der Waals surface area contributed by atoms with E-state index in [1.165, 1.54) is 17.5 Å². The number of anilines is 1. The van der Waals surface area contributed by atoms with Crippen LogP contribution < -0.4 is 16.2 Å². The van der Waals surface area contributed by atoms with Crippen LogP contribution in [0.15, 0.2) is 17.1 Å². The van der Waals surface area contributed by atoms with Gasteiger partial charge in [0.05, 0.1) is 23.4 Å². The molecule has 1 fully saturated rings. The summed E-state index contributed by atoms with van der Waals surface area (Å²) in [5.74, 6) is 0. The van der Waals surface area contributed by atoms with E-state index in [2.05, 4.69) is 10.00 Å². The fraction of sp³-hybridized carbons (Fsp3) is 0.545. The van der Waals surface area contributed by atoms with Crippen molar-refractivity contribution in [2.24, 2.45) is 5.73 Å². The molecule has 0 unspecified atom stereocenters. The Labute approximate surface area is 105 Å². The van der Waals surface area contributed by atoms with Gasteiger partial charge in [-0.2, -0.15) is 5.10 Å². The molecule has 0 radical (unpaired) electrons. The topological polar surface area (TPSA) is 64.2 Å². The molecule has 0 aromatic carbocycles. The maximum Gasteiger partial charge on any atom is 0.268 e. The van der Waals surface area contributed by atoms with Gasteiger partial charge in [-0.25, -0.2) is 4.68 Å². The molecule has 1 aromatic heterocycles. The number of nitrogens with two attached hydrogens (primary N) is 1. The molecule has 6 heteroatoms. The molecule has 0 saturated carbocycles. The first kappa shape index (κ1) is 12.0. The van der Waals surface area contributed by atoms with E-state index in [0.717, 1.165) is 18.8 Å². The number of hydrogen-bond donors (Lipinski definition) is 1. The zero-order chi connectivity index (χ0) is 12.3. The van der Waals surface area contributed by atoms with E-state index in [1.54, 1.807) is 12.3 Å². The zero-order valence-electron chi connectivity index (χ0n) is 9.63. The molecule has 2 heterocycles. The summed E-state index contributed by atoms with van der Waals surface area (Å²) in [6.45, 7) is 2.48. The third kappa shape index (κ3) is 3.03. The van der Waals surface area contributed by atoms with Crippen molar-refractivity contribution in [1.29, 1.82) is 0 Å². The van der Waals surface area contributed by atoms with Crippen LogP contribution in [-0.4, -0.2) is 27.9 Å². The van der Waals surface area contributed by atoms with Crippen LogP contribution in [0.2, 0.25) is 0 Å². The van der Waals surface area contributed by atoms with Gasteiger partial charge in [-0.1, -0.05) is 12.2 Å². The highest BCUT2D eigenvalue weighted by Crippen LogP contribution is 2.16. The molecule has 2 N–H and O–H groups in total. The summed E-state index contributed by atoms with van der Waals surface area (Å²) in [6.07, 6.45) is 4.62. The molecule has 1 aliphatic heterocycles. The highest BCUT2D eigenvalue weighted by Gasteiger charge is 2.13. The first-order chi connectivity index (χ1) is 8.16. The van der Waals surface area contributed by atoms with Gasteiger partial charge in [0.15, 0.2) is 0 Å². The van der Waals surface area contributed by atoms with Crippen molar-refractivity contribution in [3.8, 4) is 0 Å². The normalized spacial score (nSPS) is 15.2. The molecular weight excluding hydrogens is 236 g/mol. The molecule has 0 amide bonds. The Hall–Kier alpha value is -1.43. The van der Waals surface area contributed by atoms with E-state index in [4.69, 9.17) is 18.0 Å². The van der Waals surface area contributed by atoms with Crippen LogP contribution in [0.1, 0.15) is 19.3 Å². The summed E-state index contributed by atoms with van der Waals surface area (Å²) < 4.78 is 1.40. The summed E-state index contributed by atoms with van der Waals surface area (Å²) in [4.78, 5) is 14.4. The van der Waals surface area contributed by atoms with Crippen molar-refractivity contribution in [3.63, 3.8) is 0 Å². The van der Waals surface area contributed by atoms with Gasteiger partial charge >= 0.3 is 0 Å². The van der Waals surface area contributed by atoms with Gasteiger partial charge < -0.3 is 10.6 Å². The van der Waals surface area contributed by atoms with Crippen molar-refractivity contribution in [2.75, 3.05) is 18.0 Å². The second-order valence-corrected chi connectivity index (χ2v) is 4.71. The van der Waals surface area contributed by atoms with Gasteiger partial charge in [-0.15, -0.1) is 0 Å². The molecule has 1 saturated heterocycles.